The minimum absolute atomic E-state index is 0.692. The molecule has 2 rings (SSSR count). The van der Waals surface area contributed by atoms with Crippen LogP contribution in [0.15, 0.2) is 30.6 Å². The van der Waals surface area contributed by atoms with Gasteiger partial charge in [-0.25, -0.2) is 9.97 Å². The first-order valence-corrected chi connectivity index (χ1v) is 7.68. The number of anilines is 2. The summed E-state index contributed by atoms with van der Waals surface area (Å²) in [6.07, 6.45) is 3.54. The molecular weight excluding hydrogens is 284 g/mol. The summed E-state index contributed by atoms with van der Waals surface area (Å²) in [5.74, 6) is 1.80. The maximum absolute atomic E-state index is 6.00. The topological polar surface area (TPSA) is 49.8 Å². The van der Waals surface area contributed by atoms with Crippen LogP contribution in [0.2, 0.25) is 5.02 Å². The lowest BCUT2D eigenvalue weighted by atomic mass is 10.2. The van der Waals surface area contributed by atoms with Gasteiger partial charge in [0.1, 0.15) is 18.0 Å². The number of hydrogen-bond donors (Lipinski definition) is 2. The summed E-state index contributed by atoms with van der Waals surface area (Å²) in [6.45, 7) is 5.86. The van der Waals surface area contributed by atoms with Crippen LogP contribution in [0, 0.1) is 0 Å². The molecule has 2 aromatic rings. The minimum Gasteiger partial charge on any atom is -0.370 e. The van der Waals surface area contributed by atoms with E-state index in [9.17, 15) is 0 Å². The maximum Gasteiger partial charge on any atom is 0.134 e. The maximum atomic E-state index is 6.00. The van der Waals surface area contributed by atoms with Crippen molar-refractivity contribution in [2.45, 2.75) is 33.2 Å². The number of aromatic nitrogens is 2. The molecule has 4 nitrogen and oxygen atoms in total. The molecule has 0 fully saturated rings. The second-order valence-electron chi connectivity index (χ2n) is 4.81. The lowest BCUT2D eigenvalue weighted by molar-refractivity contribution is 0.944. The summed E-state index contributed by atoms with van der Waals surface area (Å²) >= 11 is 6.00. The van der Waals surface area contributed by atoms with Crippen molar-refractivity contribution in [1.29, 1.82) is 0 Å². The van der Waals surface area contributed by atoms with Gasteiger partial charge in [0.2, 0.25) is 0 Å². The van der Waals surface area contributed by atoms with Gasteiger partial charge in [0, 0.05) is 23.7 Å². The van der Waals surface area contributed by atoms with Gasteiger partial charge in [0.25, 0.3) is 0 Å². The van der Waals surface area contributed by atoms with Crippen molar-refractivity contribution in [2.24, 2.45) is 0 Å². The van der Waals surface area contributed by atoms with Crippen molar-refractivity contribution in [1.82, 2.24) is 9.97 Å². The van der Waals surface area contributed by atoms with Gasteiger partial charge in [-0.05, 0) is 30.5 Å². The van der Waals surface area contributed by atoms with Gasteiger partial charge < -0.3 is 10.6 Å². The third kappa shape index (κ3) is 4.33. The van der Waals surface area contributed by atoms with E-state index in [0.717, 1.165) is 47.2 Å². The Morgan fingerprint density at radius 1 is 1.10 bits per heavy atom. The van der Waals surface area contributed by atoms with Gasteiger partial charge in [-0.3, -0.25) is 0 Å². The van der Waals surface area contributed by atoms with E-state index in [1.807, 2.05) is 24.3 Å². The first-order chi connectivity index (χ1) is 10.2. The zero-order valence-electron chi connectivity index (χ0n) is 12.5. The Morgan fingerprint density at radius 2 is 1.86 bits per heavy atom. The first kappa shape index (κ1) is 15.6. The monoisotopic (exact) mass is 304 g/mol. The third-order valence-corrected chi connectivity index (χ3v) is 3.43. The third-order valence-electron chi connectivity index (χ3n) is 3.19. The van der Waals surface area contributed by atoms with E-state index in [-0.39, 0.29) is 0 Å². The van der Waals surface area contributed by atoms with Crippen molar-refractivity contribution in [3.05, 3.63) is 46.7 Å². The summed E-state index contributed by atoms with van der Waals surface area (Å²) in [6, 6.07) is 7.83. The number of benzene rings is 1. The van der Waals surface area contributed by atoms with E-state index >= 15 is 0 Å². The van der Waals surface area contributed by atoms with Crippen LogP contribution in [0.3, 0.4) is 0 Å². The van der Waals surface area contributed by atoms with Gasteiger partial charge in [-0.15, -0.1) is 0 Å². The Kier molecular flexibility index (Phi) is 5.81. The second kappa shape index (κ2) is 7.84. The lowest BCUT2D eigenvalue weighted by Crippen LogP contribution is -2.10. The molecule has 0 saturated carbocycles. The van der Waals surface area contributed by atoms with Crippen LogP contribution < -0.4 is 10.6 Å². The Hall–Kier alpha value is -1.81. The van der Waals surface area contributed by atoms with E-state index in [1.165, 1.54) is 0 Å². The molecule has 0 radical (unpaired) electrons. The second-order valence-corrected chi connectivity index (χ2v) is 5.25. The summed E-state index contributed by atoms with van der Waals surface area (Å²) < 4.78 is 0. The lowest BCUT2D eigenvalue weighted by Gasteiger charge is -2.14. The zero-order valence-corrected chi connectivity index (χ0v) is 13.2. The van der Waals surface area contributed by atoms with Crippen molar-refractivity contribution >= 4 is 23.2 Å². The fourth-order valence-corrected chi connectivity index (χ4v) is 2.34. The quantitative estimate of drug-likeness (QED) is 0.807. The minimum atomic E-state index is 0.692. The van der Waals surface area contributed by atoms with Crippen LogP contribution >= 0.6 is 11.6 Å². The first-order valence-electron chi connectivity index (χ1n) is 7.30. The molecule has 21 heavy (non-hydrogen) atoms. The number of nitrogens with one attached hydrogen (secondary N) is 2. The number of halogens is 1. The molecule has 0 bridgehead atoms. The van der Waals surface area contributed by atoms with E-state index in [0.29, 0.717) is 6.54 Å². The summed E-state index contributed by atoms with van der Waals surface area (Å²) in [7, 11) is 0. The SMILES string of the molecule is CCCNc1ncnc(NCc2cccc(Cl)c2)c1CC. The van der Waals surface area contributed by atoms with Crippen molar-refractivity contribution in [3.63, 3.8) is 0 Å². The molecule has 0 aliphatic carbocycles. The standard InChI is InChI=1S/C16H21ClN4/c1-3-8-18-15-14(4-2)16(21-11-20-15)19-10-12-6-5-7-13(17)9-12/h5-7,9,11H,3-4,8,10H2,1-2H3,(H2,18,19,20,21). The molecule has 0 aliphatic rings. The van der Waals surface area contributed by atoms with Crippen LogP contribution in [-0.2, 0) is 13.0 Å². The molecule has 0 atom stereocenters. The number of rotatable bonds is 7. The molecule has 1 aromatic heterocycles. The molecule has 0 amide bonds. The largest absolute Gasteiger partial charge is 0.370 e. The van der Waals surface area contributed by atoms with E-state index in [4.69, 9.17) is 11.6 Å². The highest BCUT2D eigenvalue weighted by Gasteiger charge is 2.09. The van der Waals surface area contributed by atoms with Crippen LogP contribution in [0.1, 0.15) is 31.4 Å². The molecule has 1 heterocycles. The molecule has 5 heteroatoms. The Balaban J connectivity index is 2.12. The van der Waals surface area contributed by atoms with Crippen molar-refractivity contribution in [2.75, 3.05) is 17.2 Å². The predicted octanol–water partition coefficient (Wildman–Crippen LogP) is 4.13. The smallest absolute Gasteiger partial charge is 0.134 e. The van der Waals surface area contributed by atoms with Crippen molar-refractivity contribution < 1.29 is 0 Å². The van der Waals surface area contributed by atoms with Gasteiger partial charge in [0.15, 0.2) is 0 Å². The fraction of sp³-hybridized carbons (Fsp3) is 0.375. The molecule has 0 unspecified atom stereocenters. The van der Waals surface area contributed by atoms with Gasteiger partial charge in [-0.1, -0.05) is 37.6 Å². The zero-order chi connectivity index (χ0) is 15.1. The van der Waals surface area contributed by atoms with E-state index in [1.54, 1.807) is 6.33 Å². The highest BCUT2D eigenvalue weighted by atomic mass is 35.5. The molecular formula is C16H21ClN4. The highest BCUT2D eigenvalue weighted by molar-refractivity contribution is 6.30. The molecule has 0 saturated heterocycles. The van der Waals surface area contributed by atoms with E-state index < -0.39 is 0 Å². The van der Waals surface area contributed by atoms with Gasteiger partial charge in [-0.2, -0.15) is 0 Å². The fourth-order valence-electron chi connectivity index (χ4n) is 2.13. The molecule has 2 N–H and O–H groups in total. The molecule has 112 valence electrons. The summed E-state index contributed by atoms with van der Waals surface area (Å²) in [5, 5.41) is 7.47. The van der Waals surface area contributed by atoms with Crippen LogP contribution in [0.25, 0.3) is 0 Å². The molecule has 0 spiro atoms. The average Bonchev–Trinajstić information content (AvgIpc) is 2.50. The molecule has 1 aromatic carbocycles. The normalized spacial score (nSPS) is 10.4. The highest BCUT2D eigenvalue weighted by Crippen LogP contribution is 2.21. The number of hydrogen-bond acceptors (Lipinski definition) is 4. The Bertz CT molecular complexity index is 586. The Labute approximate surface area is 131 Å². The van der Waals surface area contributed by atoms with Gasteiger partial charge in [0.05, 0.1) is 0 Å². The summed E-state index contributed by atoms with van der Waals surface area (Å²) in [5.41, 5.74) is 2.25. The molecule has 0 aliphatic heterocycles. The number of nitrogens with zero attached hydrogens (tertiary/aromatic N) is 2. The van der Waals surface area contributed by atoms with Gasteiger partial charge >= 0.3 is 0 Å². The predicted molar refractivity (Wildman–Crippen MR) is 89.0 cm³/mol. The van der Waals surface area contributed by atoms with Crippen molar-refractivity contribution in [3.8, 4) is 0 Å². The summed E-state index contributed by atoms with van der Waals surface area (Å²) in [4.78, 5) is 8.69. The van der Waals surface area contributed by atoms with Crippen LogP contribution in [0.4, 0.5) is 11.6 Å². The van der Waals surface area contributed by atoms with E-state index in [2.05, 4.69) is 34.4 Å². The van der Waals surface area contributed by atoms with Crippen LogP contribution in [0.5, 0.6) is 0 Å². The Morgan fingerprint density at radius 3 is 2.52 bits per heavy atom. The average molecular weight is 305 g/mol. The van der Waals surface area contributed by atoms with Crippen LogP contribution in [-0.4, -0.2) is 16.5 Å².